The molecule has 0 atom stereocenters. The maximum atomic E-state index is 4.25. The second-order valence-electron chi connectivity index (χ2n) is 5.20. The molecule has 0 saturated carbocycles. The number of hydrogen-bond acceptors (Lipinski definition) is 2. The molecular weight excluding hydrogens is 236 g/mol. The van der Waals surface area contributed by atoms with Gasteiger partial charge in [0.05, 0.1) is 0 Å². The summed E-state index contributed by atoms with van der Waals surface area (Å²) < 4.78 is 0. The van der Waals surface area contributed by atoms with Gasteiger partial charge in [-0.05, 0) is 12.1 Å². The van der Waals surface area contributed by atoms with Crippen molar-refractivity contribution >= 4 is 8.07 Å². The minimum atomic E-state index is -1.34. The molecule has 0 fully saturated rings. The van der Waals surface area contributed by atoms with Gasteiger partial charge in [-0.3, -0.25) is 9.97 Å². The monoisotopic (exact) mass is 252 g/mol. The molecule has 0 aliphatic carbocycles. The summed E-state index contributed by atoms with van der Waals surface area (Å²) in [6.45, 7) is 6.70. The van der Waals surface area contributed by atoms with Gasteiger partial charge in [0.25, 0.3) is 0 Å². The van der Waals surface area contributed by atoms with Gasteiger partial charge in [0.15, 0.2) is 0 Å². The molecule has 3 heteroatoms. The van der Waals surface area contributed by atoms with Crippen molar-refractivity contribution < 1.29 is 0 Å². The molecule has 18 heavy (non-hydrogen) atoms. The molecule has 2 rings (SSSR count). The summed E-state index contributed by atoms with van der Waals surface area (Å²) in [7, 11) is -1.34. The highest BCUT2D eigenvalue weighted by Gasteiger charge is 2.07. The lowest BCUT2D eigenvalue weighted by atomic mass is 10.1. The Kier molecular flexibility index (Phi) is 3.59. The van der Waals surface area contributed by atoms with E-state index in [1.54, 1.807) is 6.20 Å². The Hall–Kier alpha value is -1.92. The molecule has 0 radical (unpaired) electrons. The van der Waals surface area contributed by atoms with Gasteiger partial charge in [-0.15, -0.1) is 5.54 Å². The molecule has 0 N–H and O–H groups in total. The molecule has 0 aromatic carbocycles. The average Bonchev–Trinajstić information content (AvgIpc) is 2.37. The number of hydrogen-bond donors (Lipinski definition) is 0. The van der Waals surface area contributed by atoms with Crippen LogP contribution in [0, 0.1) is 11.5 Å². The van der Waals surface area contributed by atoms with Crippen LogP contribution < -0.4 is 0 Å². The van der Waals surface area contributed by atoms with Gasteiger partial charge in [-0.25, -0.2) is 0 Å². The van der Waals surface area contributed by atoms with E-state index in [1.165, 1.54) is 0 Å². The molecule has 0 saturated heterocycles. The van der Waals surface area contributed by atoms with Crippen LogP contribution in [0.3, 0.4) is 0 Å². The van der Waals surface area contributed by atoms with Gasteiger partial charge in [0.2, 0.25) is 0 Å². The van der Waals surface area contributed by atoms with Gasteiger partial charge in [-0.2, -0.15) is 0 Å². The van der Waals surface area contributed by atoms with E-state index in [2.05, 4.69) is 47.1 Å². The summed E-state index contributed by atoms with van der Waals surface area (Å²) in [6, 6.07) is 6.02. The van der Waals surface area contributed by atoms with Gasteiger partial charge < -0.3 is 0 Å². The van der Waals surface area contributed by atoms with Crippen LogP contribution in [0.25, 0.3) is 11.1 Å². The van der Waals surface area contributed by atoms with Crippen molar-refractivity contribution in [3.05, 3.63) is 48.5 Å². The maximum absolute atomic E-state index is 4.25. The summed E-state index contributed by atoms with van der Waals surface area (Å²) in [5, 5.41) is 0. The van der Waals surface area contributed by atoms with Crippen molar-refractivity contribution in [2.75, 3.05) is 0 Å². The van der Waals surface area contributed by atoms with E-state index in [9.17, 15) is 0 Å². The molecular formula is C15H16N2Si. The smallest absolute Gasteiger partial charge is 0.129 e. The fourth-order valence-corrected chi connectivity index (χ4v) is 1.98. The third-order valence-electron chi connectivity index (χ3n) is 2.31. The largest absolute Gasteiger partial charge is 0.264 e. The summed E-state index contributed by atoms with van der Waals surface area (Å²) in [4.78, 5) is 8.37. The second-order valence-corrected chi connectivity index (χ2v) is 9.95. The van der Waals surface area contributed by atoms with Gasteiger partial charge >= 0.3 is 0 Å². The van der Waals surface area contributed by atoms with E-state index in [-0.39, 0.29) is 0 Å². The number of nitrogens with zero attached hydrogens (tertiary/aromatic N) is 2. The second kappa shape index (κ2) is 5.15. The zero-order valence-corrected chi connectivity index (χ0v) is 11.9. The lowest BCUT2D eigenvalue weighted by Gasteiger charge is -2.04. The molecule has 0 spiro atoms. The molecule has 0 aliphatic heterocycles. The first-order valence-corrected chi connectivity index (χ1v) is 9.43. The zero-order chi connectivity index (χ0) is 13.0. The predicted molar refractivity (Wildman–Crippen MR) is 77.7 cm³/mol. The molecule has 0 bridgehead atoms. The summed E-state index contributed by atoms with van der Waals surface area (Å²) in [5.74, 6) is 3.22. The summed E-state index contributed by atoms with van der Waals surface area (Å²) in [6.07, 6.45) is 7.27. The van der Waals surface area contributed by atoms with Crippen molar-refractivity contribution in [2.24, 2.45) is 0 Å². The van der Waals surface area contributed by atoms with E-state index in [0.717, 1.165) is 16.7 Å². The van der Waals surface area contributed by atoms with Crippen LogP contribution in [0.5, 0.6) is 0 Å². The lowest BCUT2D eigenvalue weighted by molar-refractivity contribution is 1.29. The predicted octanol–water partition coefficient (Wildman–Crippen LogP) is 3.37. The number of aromatic nitrogens is 2. The average molecular weight is 252 g/mol. The van der Waals surface area contributed by atoms with Crippen molar-refractivity contribution in [3.63, 3.8) is 0 Å². The Bertz CT molecular complexity index is 589. The highest BCUT2D eigenvalue weighted by atomic mass is 28.3. The third kappa shape index (κ3) is 3.54. The molecule has 2 nitrogen and oxygen atoms in total. The minimum absolute atomic E-state index is 0.971. The molecule has 90 valence electrons. The Labute approximate surface area is 109 Å². The van der Waals surface area contributed by atoms with Crippen LogP contribution in [0.1, 0.15) is 5.56 Å². The molecule has 0 unspecified atom stereocenters. The molecule has 2 aromatic rings. The Balaban J connectivity index is 2.34. The highest BCUT2D eigenvalue weighted by Crippen LogP contribution is 2.17. The molecule has 2 aromatic heterocycles. The normalized spacial score (nSPS) is 10.6. The van der Waals surface area contributed by atoms with Crippen LogP contribution in [0.15, 0.2) is 43.0 Å². The quantitative estimate of drug-likeness (QED) is 0.574. The van der Waals surface area contributed by atoms with E-state index in [1.807, 2.05) is 30.7 Å². The fourth-order valence-electron chi connectivity index (χ4n) is 1.46. The lowest BCUT2D eigenvalue weighted by Crippen LogP contribution is -2.16. The Morgan fingerprint density at radius 2 is 1.78 bits per heavy atom. The third-order valence-corrected chi connectivity index (χ3v) is 3.19. The molecule has 0 aliphatic rings. The van der Waals surface area contributed by atoms with Gasteiger partial charge in [0.1, 0.15) is 8.07 Å². The highest BCUT2D eigenvalue weighted by molar-refractivity contribution is 6.83. The van der Waals surface area contributed by atoms with Crippen molar-refractivity contribution in [3.8, 4) is 22.6 Å². The van der Waals surface area contributed by atoms with Crippen molar-refractivity contribution in [1.29, 1.82) is 0 Å². The Morgan fingerprint density at radius 3 is 2.44 bits per heavy atom. The SMILES string of the molecule is C[Si](C)(C)C#Cc1cncc(-c2cccnc2)c1. The van der Waals surface area contributed by atoms with Crippen molar-refractivity contribution in [1.82, 2.24) is 9.97 Å². The van der Waals surface area contributed by atoms with E-state index >= 15 is 0 Å². The fraction of sp³-hybridized carbons (Fsp3) is 0.200. The molecule has 2 heterocycles. The maximum Gasteiger partial charge on any atom is 0.129 e. The summed E-state index contributed by atoms with van der Waals surface area (Å²) >= 11 is 0. The standard InChI is InChI=1S/C15H16N2Si/c1-18(2,3)8-6-13-9-15(12-17-10-13)14-5-4-7-16-11-14/h4-5,7,9-12H,1-3H3. The van der Waals surface area contributed by atoms with Crippen molar-refractivity contribution in [2.45, 2.75) is 19.6 Å². The summed E-state index contributed by atoms with van der Waals surface area (Å²) in [5.41, 5.74) is 6.45. The Morgan fingerprint density at radius 1 is 1.00 bits per heavy atom. The zero-order valence-electron chi connectivity index (χ0n) is 10.9. The number of rotatable bonds is 1. The van der Waals surface area contributed by atoms with E-state index in [4.69, 9.17) is 0 Å². The van der Waals surface area contributed by atoms with Crippen LogP contribution in [-0.4, -0.2) is 18.0 Å². The van der Waals surface area contributed by atoms with Gasteiger partial charge in [-0.1, -0.05) is 31.6 Å². The minimum Gasteiger partial charge on any atom is -0.264 e. The topological polar surface area (TPSA) is 25.8 Å². The van der Waals surface area contributed by atoms with Crippen LogP contribution in [-0.2, 0) is 0 Å². The van der Waals surface area contributed by atoms with E-state index in [0.29, 0.717) is 0 Å². The van der Waals surface area contributed by atoms with E-state index < -0.39 is 8.07 Å². The first kappa shape index (κ1) is 12.5. The first-order valence-electron chi connectivity index (χ1n) is 5.93. The van der Waals surface area contributed by atoms with Crippen LogP contribution in [0.2, 0.25) is 19.6 Å². The van der Waals surface area contributed by atoms with Gasteiger partial charge in [0, 0.05) is 41.5 Å². The molecule has 0 amide bonds. The van der Waals surface area contributed by atoms with Crippen LogP contribution in [0.4, 0.5) is 0 Å². The number of pyridine rings is 2. The first-order chi connectivity index (χ1) is 8.54. The van der Waals surface area contributed by atoms with Crippen LogP contribution >= 0.6 is 0 Å².